The average molecular weight is 364 g/mol. The van der Waals surface area contributed by atoms with Gasteiger partial charge in [-0.25, -0.2) is 0 Å². The van der Waals surface area contributed by atoms with Crippen LogP contribution in [0, 0.1) is 0 Å². The van der Waals surface area contributed by atoms with Crippen LogP contribution in [0.4, 0.5) is 17.1 Å². The molecule has 27 heavy (non-hydrogen) atoms. The number of para-hydroxylation sites is 1. The van der Waals surface area contributed by atoms with Gasteiger partial charge < -0.3 is 25.0 Å². The molecule has 1 aliphatic heterocycles. The third-order valence-electron chi connectivity index (χ3n) is 5.10. The second kappa shape index (κ2) is 7.23. The predicted molar refractivity (Wildman–Crippen MR) is 110 cm³/mol. The monoisotopic (exact) mass is 364 g/mol. The molecule has 0 radical (unpaired) electrons. The summed E-state index contributed by atoms with van der Waals surface area (Å²) >= 11 is 0. The number of methoxy groups -OCH3 is 2. The molecule has 0 spiro atoms. The fraction of sp³-hybridized carbons (Fsp3) is 0.286. The normalized spacial score (nSPS) is 14.4. The molecule has 6 heteroatoms. The first-order valence-electron chi connectivity index (χ1n) is 9.06. The average Bonchev–Trinajstić information content (AvgIpc) is 2.73. The molecule has 0 amide bonds. The minimum Gasteiger partial charge on any atom is -0.497 e. The summed E-state index contributed by atoms with van der Waals surface area (Å²) in [6.07, 6.45) is 1.76. The Balaban J connectivity index is 1.58. The molecule has 2 N–H and O–H groups in total. The number of ether oxygens (including phenoxy) is 2. The van der Waals surface area contributed by atoms with Crippen molar-refractivity contribution in [2.75, 3.05) is 55.9 Å². The van der Waals surface area contributed by atoms with Crippen LogP contribution in [0.5, 0.6) is 11.5 Å². The first-order chi connectivity index (χ1) is 13.2. The van der Waals surface area contributed by atoms with E-state index in [1.807, 2.05) is 30.3 Å². The molecule has 0 bridgehead atoms. The Morgan fingerprint density at radius 3 is 2.41 bits per heavy atom. The van der Waals surface area contributed by atoms with Crippen LogP contribution in [-0.4, -0.2) is 45.4 Å². The molecule has 0 aliphatic carbocycles. The summed E-state index contributed by atoms with van der Waals surface area (Å²) in [5.74, 6) is 1.63. The lowest BCUT2D eigenvalue weighted by molar-refractivity contribution is 0.394. The fourth-order valence-corrected chi connectivity index (χ4v) is 3.71. The highest BCUT2D eigenvalue weighted by Gasteiger charge is 2.23. The van der Waals surface area contributed by atoms with Gasteiger partial charge in [0, 0.05) is 37.6 Å². The van der Waals surface area contributed by atoms with Crippen molar-refractivity contribution >= 4 is 28.0 Å². The molecule has 140 valence electrons. The molecule has 3 aromatic rings. The van der Waals surface area contributed by atoms with E-state index < -0.39 is 0 Å². The summed E-state index contributed by atoms with van der Waals surface area (Å²) in [6, 6.07) is 14.1. The largest absolute Gasteiger partial charge is 0.497 e. The van der Waals surface area contributed by atoms with Crippen LogP contribution in [0.2, 0.25) is 0 Å². The molecule has 1 aliphatic rings. The smallest absolute Gasteiger partial charge is 0.145 e. The number of nitrogens with zero attached hydrogens (tertiary/aromatic N) is 3. The molecule has 0 saturated carbocycles. The van der Waals surface area contributed by atoms with Crippen molar-refractivity contribution < 1.29 is 9.47 Å². The van der Waals surface area contributed by atoms with Crippen LogP contribution in [0.15, 0.2) is 48.7 Å². The Hall–Kier alpha value is -3.15. The van der Waals surface area contributed by atoms with E-state index in [4.69, 9.17) is 15.2 Å². The van der Waals surface area contributed by atoms with Crippen molar-refractivity contribution in [2.24, 2.45) is 0 Å². The number of nitrogens with two attached hydrogens (primary N) is 1. The summed E-state index contributed by atoms with van der Waals surface area (Å²) in [6.45, 7) is 3.54. The van der Waals surface area contributed by atoms with E-state index in [1.165, 1.54) is 0 Å². The van der Waals surface area contributed by atoms with Gasteiger partial charge in [-0.1, -0.05) is 18.2 Å². The first-order valence-corrected chi connectivity index (χ1v) is 9.06. The van der Waals surface area contributed by atoms with E-state index in [0.29, 0.717) is 0 Å². The molecule has 1 saturated heterocycles. The summed E-state index contributed by atoms with van der Waals surface area (Å²) in [7, 11) is 3.36. The molecular formula is C21H24N4O2. The Bertz CT molecular complexity index is 952. The minimum atomic E-state index is 0.726. The Morgan fingerprint density at radius 2 is 1.67 bits per heavy atom. The van der Waals surface area contributed by atoms with Crippen molar-refractivity contribution in [3.05, 3.63) is 48.7 Å². The fourth-order valence-electron chi connectivity index (χ4n) is 3.71. The van der Waals surface area contributed by atoms with Crippen LogP contribution in [0.25, 0.3) is 10.9 Å². The predicted octanol–water partition coefficient (Wildman–Crippen LogP) is 3.16. The number of pyridine rings is 1. The topological polar surface area (TPSA) is 63.9 Å². The molecule has 0 unspecified atom stereocenters. The highest BCUT2D eigenvalue weighted by atomic mass is 16.5. The minimum absolute atomic E-state index is 0.726. The van der Waals surface area contributed by atoms with E-state index in [0.717, 1.165) is 65.6 Å². The Labute approximate surface area is 159 Å². The zero-order valence-electron chi connectivity index (χ0n) is 15.7. The van der Waals surface area contributed by atoms with Gasteiger partial charge in [0.2, 0.25) is 0 Å². The molecular weight excluding hydrogens is 340 g/mol. The summed E-state index contributed by atoms with van der Waals surface area (Å²) in [4.78, 5) is 9.14. The van der Waals surface area contributed by atoms with Gasteiger partial charge >= 0.3 is 0 Å². The van der Waals surface area contributed by atoms with Crippen molar-refractivity contribution in [3.8, 4) is 11.5 Å². The zero-order chi connectivity index (χ0) is 18.8. The molecule has 6 nitrogen and oxygen atoms in total. The van der Waals surface area contributed by atoms with E-state index in [1.54, 1.807) is 20.4 Å². The number of rotatable bonds is 4. The molecule has 2 heterocycles. The SMILES string of the molecule is COc1ccc(N2CCN(c3c(N)cnc4ccccc34)CC2)c(OC)c1. The number of fused-ring (bicyclic) bond motifs is 1. The van der Waals surface area contributed by atoms with E-state index in [-0.39, 0.29) is 0 Å². The molecule has 2 aromatic carbocycles. The number of anilines is 3. The van der Waals surface area contributed by atoms with Crippen LogP contribution in [0.1, 0.15) is 0 Å². The number of aromatic nitrogens is 1. The van der Waals surface area contributed by atoms with Gasteiger partial charge in [0.25, 0.3) is 0 Å². The highest BCUT2D eigenvalue weighted by molar-refractivity contribution is 5.97. The van der Waals surface area contributed by atoms with E-state index in [9.17, 15) is 0 Å². The van der Waals surface area contributed by atoms with E-state index in [2.05, 4.69) is 26.9 Å². The zero-order valence-corrected chi connectivity index (χ0v) is 15.7. The van der Waals surface area contributed by atoms with Crippen molar-refractivity contribution in [2.45, 2.75) is 0 Å². The van der Waals surface area contributed by atoms with Crippen molar-refractivity contribution in [1.29, 1.82) is 0 Å². The highest BCUT2D eigenvalue weighted by Crippen LogP contribution is 2.35. The molecule has 1 aromatic heterocycles. The van der Waals surface area contributed by atoms with Gasteiger partial charge in [0.05, 0.1) is 43.0 Å². The summed E-state index contributed by atoms with van der Waals surface area (Å²) < 4.78 is 10.9. The second-order valence-electron chi connectivity index (χ2n) is 6.59. The first kappa shape index (κ1) is 17.3. The number of hydrogen-bond acceptors (Lipinski definition) is 6. The van der Waals surface area contributed by atoms with Gasteiger partial charge in [-0.15, -0.1) is 0 Å². The van der Waals surface area contributed by atoms with Crippen LogP contribution < -0.4 is 25.0 Å². The van der Waals surface area contributed by atoms with Gasteiger partial charge in [-0.2, -0.15) is 0 Å². The van der Waals surface area contributed by atoms with Gasteiger partial charge in [0.1, 0.15) is 11.5 Å². The maximum absolute atomic E-state index is 6.29. The number of piperazine rings is 1. The maximum Gasteiger partial charge on any atom is 0.145 e. The molecule has 1 fully saturated rings. The molecule has 0 atom stereocenters. The maximum atomic E-state index is 6.29. The lowest BCUT2D eigenvalue weighted by Gasteiger charge is -2.38. The standard InChI is InChI=1S/C21H24N4O2/c1-26-15-7-8-19(20(13-15)27-2)24-9-11-25(12-10-24)21-16-5-3-4-6-18(16)23-14-17(21)22/h3-8,13-14H,9-12,22H2,1-2H3. The third-order valence-corrected chi connectivity index (χ3v) is 5.10. The van der Waals surface area contributed by atoms with Gasteiger partial charge in [-0.3, -0.25) is 4.98 Å². The number of hydrogen-bond donors (Lipinski definition) is 1. The van der Waals surface area contributed by atoms with Crippen molar-refractivity contribution in [3.63, 3.8) is 0 Å². The number of nitrogen functional groups attached to an aromatic ring is 1. The Morgan fingerprint density at radius 1 is 0.926 bits per heavy atom. The second-order valence-corrected chi connectivity index (χ2v) is 6.59. The van der Waals surface area contributed by atoms with E-state index >= 15 is 0 Å². The Kier molecular flexibility index (Phi) is 4.62. The van der Waals surface area contributed by atoms with Gasteiger partial charge in [0.15, 0.2) is 0 Å². The van der Waals surface area contributed by atoms with Crippen LogP contribution in [-0.2, 0) is 0 Å². The quantitative estimate of drug-likeness (QED) is 0.767. The molecule has 4 rings (SSSR count). The summed E-state index contributed by atoms with van der Waals surface area (Å²) in [5.41, 5.74) is 10.2. The van der Waals surface area contributed by atoms with Crippen molar-refractivity contribution in [1.82, 2.24) is 4.98 Å². The lowest BCUT2D eigenvalue weighted by Crippen LogP contribution is -2.47. The third kappa shape index (κ3) is 3.18. The van der Waals surface area contributed by atoms with Crippen LogP contribution in [0.3, 0.4) is 0 Å². The number of benzene rings is 2. The lowest BCUT2D eigenvalue weighted by atomic mass is 10.1. The summed E-state index contributed by atoms with van der Waals surface area (Å²) in [5, 5.41) is 1.10. The van der Waals surface area contributed by atoms with Gasteiger partial charge in [-0.05, 0) is 18.2 Å². The van der Waals surface area contributed by atoms with Crippen LogP contribution >= 0.6 is 0 Å².